The Morgan fingerprint density at radius 3 is 1.85 bits per heavy atom. The molecule has 2 atom stereocenters. The van der Waals surface area contributed by atoms with E-state index in [1.807, 2.05) is 20.8 Å². The lowest BCUT2D eigenvalue weighted by Crippen LogP contribution is -2.47. The third-order valence-corrected chi connectivity index (χ3v) is 4.73. The normalized spacial score (nSPS) is 14.4. The van der Waals surface area contributed by atoms with E-state index >= 15 is 0 Å². The van der Waals surface area contributed by atoms with E-state index < -0.39 is 5.97 Å². The minimum atomic E-state index is -0.947. The second-order valence-corrected chi connectivity index (χ2v) is 7.27. The first-order chi connectivity index (χ1) is 13.1. The molecule has 0 heterocycles. The fourth-order valence-electron chi connectivity index (χ4n) is 3.58. The van der Waals surface area contributed by atoms with Crippen molar-refractivity contribution in [2.45, 2.75) is 92.0 Å². The van der Waals surface area contributed by atoms with Crippen molar-refractivity contribution in [1.82, 2.24) is 0 Å². The Morgan fingerprint density at radius 2 is 1.33 bits per heavy atom. The minimum Gasteiger partial charge on any atom is -0.359 e. The van der Waals surface area contributed by atoms with Gasteiger partial charge in [-0.05, 0) is 39.5 Å². The van der Waals surface area contributed by atoms with Crippen LogP contribution in [0.4, 0.5) is 0 Å². The summed E-state index contributed by atoms with van der Waals surface area (Å²) in [7, 11) is 1.65. The Labute approximate surface area is 168 Å². The molecule has 5 nitrogen and oxygen atoms in total. The molecule has 0 saturated carbocycles. The summed E-state index contributed by atoms with van der Waals surface area (Å²) >= 11 is 0. The zero-order valence-electron chi connectivity index (χ0n) is 18.9. The van der Waals surface area contributed by atoms with Crippen molar-refractivity contribution in [3.05, 3.63) is 0 Å². The average Bonchev–Trinajstić information content (AvgIpc) is 2.64. The highest BCUT2D eigenvalue weighted by atomic mass is 16.9. The molecule has 0 radical (unpaired) electrons. The molecule has 0 fully saturated rings. The van der Waals surface area contributed by atoms with Crippen LogP contribution in [0.15, 0.2) is 0 Å². The molecule has 0 saturated heterocycles. The molecule has 0 bridgehead atoms. The van der Waals surface area contributed by atoms with Crippen LogP contribution in [-0.2, 0) is 23.7 Å². The van der Waals surface area contributed by atoms with Gasteiger partial charge in [0.05, 0.1) is 6.61 Å². The van der Waals surface area contributed by atoms with Gasteiger partial charge in [0.15, 0.2) is 0 Å². The molecule has 0 aliphatic heterocycles. The molecule has 27 heavy (non-hydrogen) atoms. The van der Waals surface area contributed by atoms with Crippen LogP contribution >= 0.6 is 0 Å². The molecule has 0 rings (SSSR count). The molecule has 5 heteroatoms. The second kappa shape index (κ2) is 17.9. The first kappa shape index (κ1) is 26.8. The summed E-state index contributed by atoms with van der Waals surface area (Å²) < 4.78 is 28.8. The van der Waals surface area contributed by atoms with E-state index in [1.165, 1.54) is 38.5 Å². The minimum absolute atomic E-state index is 0.185. The summed E-state index contributed by atoms with van der Waals surface area (Å²) in [4.78, 5) is 0. The number of methoxy groups -OCH3 is 1. The molecule has 0 aromatic rings. The molecule has 2 unspecified atom stereocenters. The lowest BCUT2D eigenvalue weighted by molar-refractivity contribution is -0.404. The molecule has 0 aromatic heterocycles. The molecule has 0 aliphatic carbocycles. The maximum absolute atomic E-state index is 6.08. The van der Waals surface area contributed by atoms with Gasteiger partial charge in [0, 0.05) is 32.8 Å². The van der Waals surface area contributed by atoms with Crippen molar-refractivity contribution in [2.75, 3.05) is 40.3 Å². The maximum Gasteiger partial charge on any atom is 0.285 e. The van der Waals surface area contributed by atoms with Gasteiger partial charge in [0.2, 0.25) is 0 Å². The van der Waals surface area contributed by atoms with Crippen LogP contribution in [0.25, 0.3) is 0 Å². The van der Waals surface area contributed by atoms with Crippen molar-refractivity contribution < 1.29 is 23.7 Å². The SMILES string of the molecule is CCCCCCCCC(CC(C)COCOC)C(OCC)(OCC)OCC. The summed E-state index contributed by atoms with van der Waals surface area (Å²) in [6.07, 6.45) is 9.66. The molecule has 0 amide bonds. The monoisotopic (exact) mass is 390 g/mol. The maximum atomic E-state index is 6.08. The Hall–Kier alpha value is -0.200. The topological polar surface area (TPSA) is 46.2 Å². The summed E-state index contributed by atoms with van der Waals surface area (Å²) in [6, 6.07) is 0. The average molecular weight is 391 g/mol. The van der Waals surface area contributed by atoms with Gasteiger partial charge in [-0.1, -0.05) is 52.4 Å². The van der Waals surface area contributed by atoms with Gasteiger partial charge in [0.1, 0.15) is 6.79 Å². The molecule has 164 valence electrons. The van der Waals surface area contributed by atoms with E-state index in [0.717, 1.165) is 12.8 Å². The Balaban J connectivity index is 4.96. The van der Waals surface area contributed by atoms with Gasteiger partial charge >= 0.3 is 0 Å². The highest BCUT2D eigenvalue weighted by Crippen LogP contribution is 2.35. The Bertz CT molecular complexity index is 294. The van der Waals surface area contributed by atoms with Crippen molar-refractivity contribution in [3.8, 4) is 0 Å². The van der Waals surface area contributed by atoms with Crippen LogP contribution in [0.5, 0.6) is 0 Å². The summed E-state index contributed by atoms with van der Waals surface area (Å²) in [5, 5.41) is 0. The van der Waals surface area contributed by atoms with E-state index in [0.29, 0.717) is 39.1 Å². The second-order valence-electron chi connectivity index (χ2n) is 7.27. The molecule has 0 aromatic carbocycles. The fraction of sp³-hybridized carbons (Fsp3) is 1.00. The number of hydrogen-bond donors (Lipinski definition) is 0. The third kappa shape index (κ3) is 12.1. The predicted molar refractivity (Wildman–Crippen MR) is 111 cm³/mol. The van der Waals surface area contributed by atoms with Crippen LogP contribution in [0.2, 0.25) is 0 Å². The van der Waals surface area contributed by atoms with Gasteiger partial charge in [-0.3, -0.25) is 0 Å². The van der Waals surface area contributed by atoms with Crippen LogP contribution in [0.3, 0.4) is 0 Å². The molecular weight excluding hydrogens is 344 g/mol. The van der Waals surface area contributed by atoms with Gasteiger partial charge in [-0.25, -0.2) is 0 Å². The van der Waals surface area contributed by atoms with Gasteiger partial charge in [-0.2, -0.15) is 0 Å². The van der Waals surface area contributed by atoms with Crippen LogP contribution < -0.4 is 0 Å². The van der Waals surface area contributed by atoms with Crippen LogP contribution in [0, 0.1) is 11.8 Å². The van der Waals surface area contributed by atoms with Crippen LogP contribution in [-0.4, -0.2) is 46.3 Å². The van der Waals surface area contributed by atoms with Crippen LogP contribution in [0.1, 0.15) is 86.0 Å². The highest BCUT2D eigenvalue weighted by molar-refractivity contribution is 4.75. The first-order valence-electron chi connectivity index (χ1n) is 11.1. The third-order valence-electron chi connectivity index (χ3n) is 4.73. The number of rotatable bonds is 20. The number of hydrogen-bond acceptors (Lipinski definition) is 5. The van der Waals surface area contributed by atoms with Gasteiger partial charge in [-0.15, -0.1) is 0 Å². The summed E-state index contributed by atoms with van der Waals surface area (Å²) in [5.41, 5.74) is 0. The molecule has 0 aliphatic rings. The van der Waals surface area contributed by atoms with E-state index in [-0.39, 0.29) is 5.92 Å². The smallest absolute Gasteiger partial charge is 0.285 e. The number of ether oxygens (including phenoxy) is 5. The lowest BCUT2D eigenvalue weighted by atomic mass is 9.88. The summed E-state index contributed by atoms with van der Waals surface area (Å²) in [6.45, 7) is 13.2. The zero-order chi connectivity index (χ0) is 20.4. The Kier molecular flexibility index (Phi) is 17.7. The summed E-state index contributed by atoms with van der Waals surface area (Å²) in [5.74, 6) is -0.382. The predicted octanol–water partition coefficient (Wildman–Crippen LogP) is 5.76. The lowest BCUT2D eigenvalue weighted by Gasteiger charge is -2.40. The highest BCUT2D eigenvalue weighted by Gasteiger charge is 2.42. The largest absolute Gasteiger partial charge is 0.359 e. The van der Waals surface area contributed by atoms with Crippen molar-refractivity contribution in [3.63, 3.8) is 0 Å². The fourth-order valence-corrected chi connectivity index (χ4v) is 3.58. The van der Waals surface area contributed by atoms with Gasteiger partial charge in [0.25, 0.3) is 5.97 Å². The first-order valence-corrected chi connectivity index (χ1v) is 11.1. The Morgan fingerprint density at radius 1 is 0.778 bits per heavy atom. The van der Waals surface area contributed by atoms with Crippen molar-refractivity contribution in [1.29, 1.82) is 0 Å². The van der Waals surface area contributed by atoms with Crippen molar-refractivity contribution in [2.24, 2.45) is 11.8 Å². The molecular formula is C22H46O5. The quantitative estimate of drug-likeness (QED) is 0.195. The van der Waals surface area contributed by atoms with E-state index in [1.54, 1.807) is 7.11 Å². The zero-order valence-corrected chi connectivity index (χ0v) is 18.9. The standard InChI is InChI=1S/C22H46O5/c1-7-11-12-13-14-15-16-21(17-20(5)18-24-19-23-6)22(25-8-2,26-9-3)27-10-4/h20-21H,7-19H2,1-6H3. The van der Waals surface area contributed by atoms with E-state index in [9.17, 15) is 0 Å². The molecule has 0 spiro atoms. The van der Waals surface area contributed by atoms with Crippen molar-refractivity contribution >= 4 is 0 Å². The van der Waals surface area contributed by atoms with Gasteiger partial charge < -0.3 is 23.7 Å². The molecule has 0 N–H and O–H groups in total. The number of unbranched alkanes of at least 4 members (excludes halogenated alkanes) is 5. The van der Waals surface area contributed by atoms with E-state index in [4.69, 9.17) is 23.7 Å². The van der Waals surface area contributed by atoms with E-state index in [2.05, 4.69) is 13.8 Å².